The van der Waals surface area contributed by atoms with Crippen LogP contribution in [0.25, 0.3) is 11.5 Å². The number of nitrogens with zero attached hydrogens (tertiary/aromatic N) is 1. The maximum absolute atomic E-state index is 5.94. The molecule has 0 bridgehead atoms. The largest absolute Gasteiger partial charge is 0.497 e. The Bertz CT molecular complexity index is 796. The maximum atomic E-state index is 5.94. The van der Waals surface area contributed by atoms with Crippen molar-refractivity contribution < 1.29 is 13.9 Å². The predicted octanol–water partition coefficient (Wildman–Crippen LogP) is 4.89. The number of oxazole rings is 1. The van der Waals surface area contributed by atoms with Gasteiger partial charge in [-0.1, -0.05) is 11.6 Å². The first kappa shape index (κ1) is 15.4. The van der Waals surface area contributed by atoms with E-state index in [4.69, 9.17) is 25.5 Å². The molecule has 1 aromatic heterocycles. The van der Waals surface area contributed by atoms with Crippen LogP contribution in [-0.2, 0) is 6.61 Å². The molecule has 3 rings (SSSR count). The van der Waals surface area contributed by atoms with Gasteiger partial charge >= 0.3 is 0 Å². The van der Waals surface area contributed by atoms with Gasteiger partial charge in [-0.3, -0.25) is 0 Å². The molecular weight excluding hydrogens is 314 g/mol. The fourth-order valence-electron chi connectivity index (χ4n) is 2.17. The number of benzene rings is 2. The highest BCUT2D eigenvalue weighted by Gasteiger charge is 2.08. The van der Waals surface area contributed by atoms with E-state index < -0.39 is 0 Å². The molecule has 0 saturated carbocycles. The SMILES string of the molecule is COc1ccc(-c2nc(COc3ccc(Cl)cc3C)co2)cc1. The first-order valence-electron chi connectivity index (χ1n) is 7.13. The van der Waals surface area contributed by atoms with Crippen LogP contribution in [0.1, 0.15) is 11.3 Å². The minimum Gasteiger partial charge on any atom is -0.497 e. The number of hydrogen-bond donors (Lipinski definition) is 0. The summed E-state index contributed by atoms with van der Waals surface area (Å²) in [6, 6.07) is 13.1. The lowest BCUT2D eigenvalue weighted by molar-refractivity contribution is 0.299. The highest BCUT2D eigenvalue weighted by molar-refractivity contribution is 6.30. The molecule has 0 atom stereocenters. The van der Waals surface area contributed by atoms with E-state index in [0.29, 0.717) is 17.5 Å². The van der Waals surface area contributed by atoms with Crippen LogP contribution in [0, 0.1) is 6.92 Å². The van der Waals surface area contributed by atoms with Gasteiger partial charge in [-0.15, -0.1) is 0 Å². The average Bonchev–Trinajstić information content (AvgIpc) is 3.03. The fourth-order valence-corrected chi connectivity index (χ4v) is 2.39. The Hall–Kier alpha value is -2.46. The molecule has 0 saturated heterocycles. The van der Waals surface area contributed by atoms with Crippen LogP contribution in [0.2, 0.25) is 5.02 Å². The summed E-state index contributed by atoms with van der Waals surface area (Å²) < 4.78 is 16.4. The fraction of sp³-hybridized carbons (Fsp3) is 0.167. The van der Waals surface area contributed by atoms with Crippen LogP contribution < -0.4 is 9.47 Å². The summed E-state index contributed by atoms with van der Waals surface area (Å²) in [6.45, 7) is 2.29. The van der Waals surface area contributed by atoms with Gasteiger partial charge in [0.1, 0.15) is 30.1 Å². The van der Waals surface area contributed by atoms with Crippen molar-refractivity contribution in [3.05, 3.63) is 65.0 Å². The van der Waals surface area contributed by atoms with E-state index in [1.54, 1.807) is 19.4 Å². The third-order valence-electron chi connectivity index (χ3n) is 3.40. The van der Waals surface area contributed by atoms with Crippen molar-refractivity contribution in [1.29, 1.82) is 0 Å². The molecule has 1 heterocycles. The molecule has 0 unspecified atom stereocenters. The van der Waals surface area contributed by atoms with Crippen LogP contribution in [0.4, 0.5) is 0 Å². The quantitative estimate of drug-likeness (QED) is 0.668. The summed E-state index contributed by atoms with van der Waals surface area (Å²) in [6.07, 6.45) is 1.60. The van der Waals surface area contributed by atoms with Gasteiger partial charge in [0, 0.05) is 10.6 Å². The third-order valence-corrected chi connectivity index (χ3v) is 3.64. The minimum atomic E-state index is 0.335. The molecule has 5 heteroatoms. The van der Waals surface area contributed by atoms with Crippen LogP contribution in [0.3, 0.4) is 0 Å². The van der Waals surface area contributed by atoms with Crippen molar-refractivity contribution in [3.63, 3.8) is 0 Å². The summed E-state index contributed by atoms with van der Waals surface area (Å²) in [5.41, 5.74) is 2.60. The van der Waals surface area contributed by atoms with E-state index in [1.807, 2.05) is 43.3 Å². The Morgan fingerprint density at radius 1 is 1.13 bits per heavy atom. The minimum absolute atomic E-state index is 0.335. The monoisotopic (exact) mass is 329 g/mol. The Balaban J connectivity index is 1.69. The second-order valence-corrected chi connectivity index (χ2v) is 5.51. The number of ether oxygens (including phenoxy) is 2. The standard InChI is InChI=1S/C18H16ClNO3/c1-12-9-14(19)5-8-17(12)22-10-15-11-23-18(20-15)13-3-6-16(21-2)7-4-13/h3-9,11H,10H2,1-2H3. The molecule has 23 heavy (non-hydrogen) atoms. The topological polar surface area (TPSA) is 44.5 Å². The highest BCUT2D eigenvalue weighted by Crippen LogP contribution is 2.24. The van der Waals surface area contributed by atoms with Crippen molar-refractivity contribution in [2.45, 2.75) is 13.5 Å². The Kier molecular flexibility index (Phi) is 4.53. The van der Waals surface area contributed by atoms with Gasteiger partial charge in [-0.05, 0) is 55.0 Å². The number of hydrogen-bond acceptors (Lipinski definition) is 4. The molecule has 0 fully saturated rings. The van der Waals surface area contributed by atoms with Crippen LogP contribution >= 0.6 is 11.6 Å². The van der Waals surface area contributed by atoms with Gasteiger partial charge in [-0.2, -0.15) is 0 Å². The maximum Gasteiger partial charge on any atom is 0.226 e. The number of methoxy groups -OCH3 is 1. The van der Waals surface area contributed by atoms with Gasteiger partial charge in [-0.25, -0.2) is 4.98 Å². The molecule has 118 valence electrons. The van der Waals surface area contributed by atoms with Crippen molar-refractivity contribution in [3.8, 4) is 23.0 Å². The molecule has 2 aromatic carbocycles. The van der Waals surface area contributed by atoms with E-state index in [9.17, 15) is 0 Å². The second-order valence-electron chi connectivity index (χ2n) is 5.07. The highest BCUT2D eigenvalue weighted by atomic mass is 35.5. The molecule has 0 radical (unpaired) electrons. The van der Waals surface area contributed by atoms with E-state index >= 15 is 0 Å². The molecule has 0 spiro atoms. The summed E-state index contributed by atoms with van der Waals surface area (Å²) in [4.78, 5) is 4.44. The second kappa shape index (κ2) is 6.75. The summed E-state index contributed by atoms with van der Waals surface area (Å²) in [5, 5.41) is 0.693. The van der Waals surface area contributed by atoms with Crippen molar-refractivity contribution in [2.75, 3.05) is 7.11 Å². The number of aryl methyl sites for hydroxylation is 1. The Morgan fingerprint density at radius 2 is 1.91 bits per heavy atom. The lowest BCUT2D eigenvalue weighted by Gasteiger charge is -2.07. The Labute approximate surface area is 139 Å². The molecule has 0 N–H and O–H groups in total. The molecule has 0 aliphatic carbocycles. The van der Waals surface area contributed by atoms with Gasteiger partial charge in [0.15, 0.2) is 0 Å². The summed E-state index contributed by atoms with van der Waals surface area (Å²) >= 11 is 5.94. The molecule has 3 aromatic rings. The molecule has 0 aliphatic heterocycles. The van der Waals surface area contributed by atoms with Gasteiger partial charge in [0.2, 0.25) is 5.89 Å². The van der Waals surface area contributed by atoms with E-state index in [1.165, 1.54) is 0 Å². The Morgan fingerprint density at radius 3 is 2.61 bits per heavy atom. The zero-order valence-corrected chi connectivity index (χ0v) is 13.6. The molecule has 0 aliphatic rings. The van der Waals surface area contributed by atoms with E-state index in [0.717, 1.165) is 28.3 Å². The van der Waals surface area contributed by atoms with Crippen LogP contribution in [0.5, 0.6) is 11.5 Å². The zero-order chi connectivity index (χ0) is 16.2. The van der Waals surface area contributed by atoms with E-state index in [2.05, 4.69) is 4.98 Å². The van der Waals surface area contributed by atoms with E-state index in [-0.39, 0.29) is 0 Å². The predicted molar refractivity (Wildman–Crippen MR) is 89.0 cm³/mol. The first-order chi connectivity index (χ1) is 11.2. The summed E-state index contributed by atoms with van der Waals surface area (Å²) in [5.74, 6) is 2.13. The number of halogens is 1. The molecule has 4 nitrogen and oxygen atoms in total. The smallest absolute Gasteiger partial charge is 0.226 e. The van der Waals surface area contributed by atoms with Crippen molar-refractivity contribution in [1.82, 2.24) is 4.98 Å². The zero-order valence-electron chi connectivity index (χ0n) is 12.9. The molecule has 0 amide bonds. The van der Waals surface area contributed by atoms with Crippen LogP contribution in [-0.4, -0.2) is 12.1 Å². The average molecular weight is 330 g/mol. The molecular formula is C18H16ClNO3. The first-order valence-corrected chi connectivity index (χ1v) is 7.51. The number of aromatic nitrogens is 1. The van der Waals surface area contributed by atoms with Gasteiger partial charge in [0.05, 0.1) is 7.11 Å². The summed E-state index contributed by atoms with van der Waals surface area (Å²) in [7, 11) is 1.63. The third kappa shape index (κ3) is 3.66. The van der Waals surface area contributed by atoms with Crippen molar-refractivity contribution in [2.24, 2.45) is 0 Å². The van der Waals surface area contributed by atoms with Crippen molar-refractivity contribution >= 4 is 11.6 Å². The van der Waals surface area contributed by atoms with Gasteiger partial charge < -0.3 is 13.9 Å². The lowest BCUT2D eigenvalue weighted by atomic mass is 10.2. The number of rotatable bonds is 5. The van der Waals surface area contributed by atoms with Gasteiger partial charge in [0.25, 0.3) is 0 Å². The van der Waals surface area contributed by atoms with Crippen LogP contribution in [0.15, 0.2) is 53.1 Å². The normalized spacial score (nSPS) is 10.6. The lowest BCUT2D eigenvalue weighted by Crippen LogP contribution is -1.97.